The molecule has 0 radical (unpaired) electrons. The van der Waals surface area contributed by atoms with Crippen molar-refractivity contribution in [1.29, 1.82) is 0 Å². The van der Waals surface area contributed by atoms with E-state index in [0.717, 1.165) is 5.92 Å². The zero-order valence-electron chi connectivity index (χ0n) is 9.60. The molecule has 0 amide bonds. The van der Waals surface area contributed by atoms with E-state index in [-0.39, 0.29) is 0 Å². The van der Waals surface area contributed by atoms with E-state index >= 15 is 0 Å². The van der Waals surface area contributed by atoms with Gasteiger partial charge in [0.2, 0.25) is 0 Å². The van der Waals surface area contributed by atoms with Crippen molar-refractivity contribution in [2.24, 2.45) is 11.7 Å². The summed E-state index contributed by atoms with van der Waals surface area (Å²) in [4.78, 5) is 0. The molecule has 0 aromatic carbocycles. The molecule has 0 aromatic rings. The van der Waals surface area contributed by atoms with Gasteiger partial charge in [-0.25, -0.2) is 0 Å². The second-order valence-corrected chi connectivity index (χ2v) is 4.81. The molecule has 1 fully saturated rings. The number of nitrogens with two attached hydrogens (primary N) is 1. The van der Waals surface area contributed by atoms with Gasteiger partial charge < -0.3 is 11.1 Å². The van der Waals surface area contributed by atoms with Crippen molar-refractivity contribution in [2.75, 3.05) is 13.1 Å². The second-order valence-electron chi connectivity index (χ2n) is 4.81. The highest BCUT2D eigenvalue weighted by Gasteiger charge is 2.19. The Labute approximate surface area is 88.6 Å². The Morgan fingerprint density at radius 2 is 1.93 bits per heavy atom. The third-order valence-corrected chi connectivity index (χ3v) is 2.93. The topological polar surface area (TPSA) is 38.0 Å². The van der Waals surface area contributed by atoms with Crippen LogP contribution in [0.3, 0.4) is 0 Å². The Hall–Kier alpha value is -0.0800. The lowest BCUT2D eigenvalue weighted by molar-refractivity contribution is 0.544. The molecular weight excluding hydrogens is 172 g/mol. The van der Waals surface area contributed by atoms with Crippen LogP contribution in [-0.4, -0.2) is 19.1 Å². The van der Waals surface area contributed by atoms with Gasteiger partial charge in [0.05, 0.1) is 0 Å². The third kappa shape index (κ3) is 7.34. The van der Waals surface area contributed by atoms with Crippen molar-refractivity contribution in [3.05, 3.63) is 0 Å². The molecule has 3 N–H and O–H groups in total. The molecule has 14 heavy (non-hydrogen) atoms. The average molecular weight is 198 g/mol. The van der Waals surface area contributed by atoms with Gasteiger partial charge in [-0.2, -0.15) is 0 Å². The van der Waals surface area contributed by atoms with Crippen LogP contribution in [0.25, 0.3) is 0 Å². The Morgan fingerprint density at radius 3 is 2.57 bits per heavy atom. The number of hydrogen-bond acceptors (Lipinski definition) is 2. The van der Waals surface area contributed by atoms with E-state index in [9.17, 15) is 0 Å². The molecule has 0 heterocycles. The summed E-state index contributed by atoms with van der Waals surface area (Å²) in [5, 5.41) is 3.50. The van der Waals surface area contributed by atoms with Crippen molar-refractivity contribution in [3.8, 4) is 0 Å². The fourth-order valence-electron chi connectivity index (χ4n) is 1.76. The SMILES string of the molecule is CC(N)CCCCNCCCC1CC1. The first-order valence-corrected chi connectivity index (χ1v) is 6.25. The average Bonchev–Trinajstić information content (AvgIpc) is 2.92. The Kier molecular flexibility index (Phi) is 6.20. The maximum atomic E-state index is 5.67. The van der Waals surface area contributed by atoms with Crippen LogP contribution < -0.4 is 11.1 Å². The van der Waals surface area contributed by atoms with Crippen LogP contribution in [0.5, 0.6) is 0 Å². The lowest BCUT2D eigenvalue weighted by Crippen LogP contribution is -2.18. The normalized spacial score (nSPS) is 18.4. The highest BCUT2D eigenvalue weighted by atomic mass is 14.8. The molecule has 84 valence electrons. The van der Waals surface area contributed by atoms with Crippen LogP contribution >= 0.6 is 0 Å². The minimum atomic E-state index is 0.380. The summed E-state index contributed by atoms with van der Waals surface area (Å²) in [5.41, 5.74) is 5.67. The molecule has 1 aliphatic carbocycles. The third-order valence-electron chi connectivity index (χ3n) is 2.93. The van der Waals surface area contributed by atoms with Gasteiger partial charge in [0.25, 0.3) is 0 Å². The van der Waals surface area contributed by atoms with Crippen LogP contribution in [0, 0.1) is 5.92 Å². The van der Waals surface area contributed by atoms with Crippen LogP contribution in [0.1, 0.15) is 51.9 Å². The van der Waals surface area contributed by atoms with Crippen LogP contribution in [-0.2, 0) is 0 Å². The zero-order valence-corrected chi connectivity index (χ0v) is 9.60. The summed E-state index contributed by atoms with van der Waals surface area (Å²) in [5.74, 6) is 1.09. The highest BCUT2D eigenvalue weighted by molar-refractivity contribution is 4.72. The number of unbranched alkanes of at least 4 members (excludes halogenated alkanes) is 1. The fraction of sp³-hybridized carbons (Fsp3) is 1.00. The van der Waals surface area contributed by atoms with Gasteiger partial charge >= 0.3 is 0 Å². The molecule has 1 rings (SSSR count). The Bertz CT molecular complexity index is 122. The fourth-order valence-corrected chi connectivity index (χ4v) is 1.76. The lowest BCUT2D eigenvalue weighted by Gasteiger charge is -2.06. The minimum absolute atomic E-state index is 0.380. The van der Waals surface area contributed by atoms with E-state index in [1.165, 1.54) is 58.0 Å². The van der Waals surface area contributed by atoms with E-state index in [0.29, 0.717) is 6.04 Å². The van der Waals surface area contributed by atoms with Gasteiger partial charge in [0.1, 0.15) is 0 Å². The van der Waals surface area contributed by atoms with Crippen LogP contribution in [0.4, 0.5) is 0 Å². The molecule has 0 aromatic heterocycles. The summed E-state index contributed by atoms with van der Waals surface area (Å²) < 4.78 is 0. The van der Waals surface area contributed by atoms with E-state index in [1.54, 1.807) is 0 Å². The predicted molar refractivity (Wildman–Crippen MR) is 62.3 cm³/mol. The molecule has 1 saturated carbocycles. The Balaban J connectivity index is 1.66. The maximum Gasteiger partial charge on any atom is 0.00104 e. The molecule has 0 spiro atoms. The molecule has 2 nitrogen and oxygen atoms in total. The van der Waals surface area contributed by atoms with Gasteiger partial charge in [0.15, 0.2) is 0 Å². The monoisotopic (exact) mass is 198 g/mol. The van der Waals surface area contributed by atoms with Crippen LogP contribution in [0.2, 0.25) is 0 Å². The van der Waals surface area contributed by atoms with Crippen LogP contribution in [0.15, 0.2) is 0 Å². The smallest absolute Gasteiger partial charge is 0.00104 e. The first-order valence-electron chi connectivity index (χ1n) is 6.25. The standard InChI is InChI=1S/C12H26N2/c1-11(13)5-2-3-9-14-10-4-6-12-7-8-12/h11-12,14H,2-10,13H2,1H3. The summed E-state index contributed by atoms with van der Waals surface area (Å²) in [6.07, 6.45) is 9.54. The second kappa shape index (κ2) is 7.24. The zero-order chi connectivity index (χ0) is 10.2. The van der Waals surface area contributed by atoms with Crippen molar-refractivity contribution in [2.45, 2.75) is 57.9 Å². The maximum absolute atomic E-state index is 5.67. The van der Waals surface area contributed by atoms with Gasteiger partial charge in [0, 0.05) is 6.04 Å². The molecule has 0 saturated heterocycles. The largest absolute Gasteiger partial charge is 0.328 e. The number of hydrogen-bond donors (Lipinski definition) is 2. The van der Waals surface area contributed by atoms with Crippen molar-refractivity contribution in [1.82, 2.24) is 5.32 Å². The van der Waals surface area contributed by atoms with Crippen molar-refractivity contribution < 1.29 is 0 Å². The Morgan fingerprint density at radius 1 is 1.21 bits per heavy atom. The van der Waals surface area contributed by atoms with E-state index in [4.69, 9.17) is 5.73 Å². The first kappa shape index (κ1) is 12.0. The molecule has 2 heteroatoms. The molecule has 0 bridgehead atoms. The van der Waals surface area contributed by atoms with E-state index < -0.39 is 0 Å². The summed E-state index contributed by atoms with van der Waals surface area (Å²) in [6.45, 7) is 4.48. The number of rotatable bonds is 9. The summed E-state index contributed by atoms with van der Waals surface area (Å²) in [7, 11) is 0. The van der Waals surface area contributed by atoms with Crippen molar-refractivity contribution in [3.63, 3.8) is 0 Å². The van der Waals surface area contributed by atoms with Gasteiger partial charge in [-0.15, -0.1) is 0 Å². The highest BCUT2D eigenvalue weighted by Crippen LogP contribution is 2.33. The van der Waals surface area contributed by atoms with E-state index in [2.05, 4.69) is 12.2 Å². The summed E-state index contributed by atoms with van der Waals surface area (Å²) >= 11 is 0. The quantitative estimate of drug-likeness (QED) is 0.558. The van der Waals surface area contributed by atoms with Gasteiger partial charge in [-0.05, 0) is 51.6 Å². The number of nitrogens with one attached hydrogen (secondary N) is 1. The summed E-state index contributed by atoms with van der Waals surface area (Å²) in [6, 6.07) is 0.380. The lowest BCUT2D eigenvalue weighted by atomic mass is 10.1. The minimum Gasteiger partial charge on any atom is -0.328 e. The molecule has 1 atom stereocenters. The van der Waals surface area contributed by atoms with Gasteiger partial charge in [-0.1, -0.05) is 19.3 Å². The van der Waals surface area contributed by atoms with Crippen molar-refractivity contribution >= 4 is 0 Å². The van der Waals surface area contributed by atoms with E-state index in [1.807, 2.05) is 0 Å². The molecular formula is C12H26N2. The molecule has 1 unspecified atom stereocenters. The molecule has 1 aliphatic rings. The first-order chi connectivity index (χ1) is 6.79. The molecule has 0 aliphatic heterocycles. The predicted octanol–water partition coefficient (Wildman–Crippen LogP) is 2.28. The van der Waals surface area contributed by atoms with Gasteiger partial charge in [-0.3, -0.25) is 0 Å².